The summed E-state index contributed by atoms with van der Waals surface area (Å²) in [5.41, 5.74) is 3.11. The van der Waals surface area contributed by atoms with Gasteiger partial charge in [0.1, 0.15) is 17.3 Å². The summed E-state index contributed by atoms with van der Waals surface area (Å²) in [5.74, 6) is 1.18. The van der Waals surface area contributed by atoms with Gasteiger partial charge in [0.2, 0.25) is 5.88 Å². The molecular formula is C24H22F3N5O4S. The minimum Gasteiger partial charge on any atom is -0.439 e. The monoisotopic (exact) mass is 533 g/mol. The fourth-order valence-corrected chi connectivity index (χ4v) is 4.43. The maximum absolute atomic E-state index is 12.6. The number of nitrogens with zero attached hydrogens (tertiary/aromatic N) is 4. The lowest BCUT2D eigenvalue weighted by atomic mass is 10.2. The van der Waals surface area contributed by atoms with Crippen LogP contribution >= 0.6 is 0 Å². The van der Waals surface area contributed by atoms with Crippen LogP contribution in [0.25, 0.3) is 5.82 Å². The highest BCUT2D eigenvalue weighted by atomic mass is 32.2. The maximum atomic E-state index is 12.6. The van der Waals surface area contributed by atoms with E-state index in [-0.39, 0.29) is 16.5 Å². The van der Waals surface area contributed by atoms with E-state index in [2.05, 4.69) is 24.5 Å². The van der Waals surface area contributed by atoms with Gasteiger partial charge < -0.3 is 9.47 Å². The molecule has 2 aromatic carbocycles. The largest absolute Gasteiger partial charge is 0.573 e. The molecule has 0 amide bonds. The van der Waals surface area contributed by atoms with E-state index < -0.39 is 22.1 Å². The summed E-state index contributed by atoms with van der Waals surface area (Å²) in [6.07, 6.45) is -4.87. The number of hydrogen-bond acceptors (Lipinski definition) is 7. The smallest absolute Gasteiger partial charge is 0.439 e. The molecule has 4 rings (SSSR count). The van der Waals surface area contributed by atoms with Crippen molar-refractivity contribution in [3.63, 3.8) is 0 Å². The Morgan fingerprint density at radius 2 is 1.51 bits per heavy atom. The molecule has 37 heavy (non-hydrogen) atoms. The summed E-state index contributed by atoms with van der Waals surface area (Å²) in [6, 6.07) is 11.6. The molecule has 0 bridgehead atoms. The predicted octanol–water partition coefficient (Wildman–Crippen LogP) is 5.39. The molecule has 0 radical (unpaired) electrons. The Bertz CT molecular complexity index is 1530. The second-order valence-electron chi connectivity index (χ2n) is 8.07. The van der Waals surface area contributed by atoms with Crippen LogP contribution in [-0.4, -0.2) is 34.5 Å². The average Bonchev–Trinajstić information content (AvgIpc) is 3.06. The first-order chi connectivity index (χ1) is 17.3. The number of rotatable bonds is 7. The van der Waals surface area contributed by atoms with Gasteiger partial charge in [-0.25, -0.2) is 18.1 Å². The fraction of sp³-hybridized carbons (Fsp3) is 0.208. The van der Waals surface area contributed by atoms with E-state index in [1.807, 2.05) is 20.8 Å². The van der Waals surface area contributed by atoms with E-state index in [0.29, 0.717) is 17.4 Å². The minimum atomic E-state index is -4.87. The van der Waals surface area contributed by atoms with Crippen molar-refractivity contribution in [2.75, 3.05) is 4.72 Å². The van der Waals surface area contributed by atoms with Gasteiger partial charge >= 0.3 is 6.36 Å². The van der Waals surface area contributed by atoms with Crippen LogP contribution in [0.4, 0.5) is 18.9 Å². The number of alkyl halides is 3. The highest BCUT2D eigenvalue weighted by Crippen LogP contribution is 2.27. The number of halogens is 3. The van der Waals surface area contributed by atoms with Crippen molar-refractivity contribution in [2.45, 2.75) is 39.0 Å². The Kier molecular flexibility index (Phi) is 6.82. The average molecular weight is 534 g/mol. The van der Waals surface area contributed by atoms with Gasteiger partial charge in [-0.05, 0) is 81.8 Å². The van der Waals surface area contributed by atoms with Gasteiger partial charge in [0.05, 0.1) is 10.6 Å². The van der Waals surface area contributed by atoms with Gasteiger partial charge in [0.15, 0.2) is 5.82 Å². The van der Waals surface area contributed by atoms with Crippen molar-refractivity contribution < 1.29 is 31.1 Å². The first-order valence-corrected chi connectivity index (χ1v) is 12.3. The summed E-state index contributed by atoms with van der Waals surface area (Å²) in [4.78, 5) is 8.50. The van der Waals surface area contributed by atoms with Gasteiger partial charge in [-0.15, -0.1) is 13.2 Å². The van der Waals surface area contributed by atoms with E-state index in [1.54, 1.807) is 29.8 Å². The molecule has 4 aromatic rings. The van der Waals surface area contributed by atoms with Crippen LogP contribution in [-0.2, 0) is 10.0 Å². The Hall–Kier alpha value is -4.13. The summed E-state index contributed by atoms with van der Waals surface area (Å²) in [5, 5.41) is 4.51. The molecule has 1 N–H and O–H groups in total. The number of nitrogens with one attached hydrogen (secondary N) is 1. The summed E-state index contributed by atoms with van der Waals surface area (Å²) in [7, 11) is -4.05. The Morgan fingerprint density at radius 1 is 0.892 bits per heavy atom. The second-order valence-corrected chi connectivity index (χ2v) is 9.75. The summed E-state index contributed by atoms with van der Waals surface area (Å²) >= 11 is 0. The van der Waals surface area contributed by atoms with E-state index in [0.717, 1.165) is 41.2 Å². The molecule has 2 aromatic heterocycles. The van der Waals surface area contributed by atoms with Gasteiger partial charge in [0, 0.05) is 17.4 Å². The zero-order valence-corrected chi connectivity index (χ0v) is 21.0. The molecule has 0 saturated carbocycles. The van der Waals surface area contributed by atoms with Gasteiger partial charge in [-0.1, -0.05) is 0 Å². The first kappa shape index (κ1) is 25.9. The zero-order valence-electron chi connectivity index (χ0n) is 20.2. The number of aromatic nitrogens is 4. The lowest BCUT2D eigenvalue weighted by Crippen LogP contribution is -2.17. The Morgan fingerprint density at radius 3 is 2.08 bits per heavy atom. The molecule has 0 aliphatic heterocycles. The molecule has 13 heteroatoms. The third-order valence-electron chi connectivity index (χ3n) is 5.37. The van der Waals surface area contributed by atoms with E-state index in [9.17, 15) is 21.6 Å². The lowest BCUT2D eigenvalue weighted by Gasteiger charge is -2.12. The van der Waals surface area contributed by atoms with Gasteiger partial charge in [0.25, 0.3) is 10.0 Å². The highest BCUT2D eigenvalue weighted by Gasteiger charge is 2.31. The van der Waals surface area contributed by atoms with Gasteiger partial charge in [-0.2, -0.15) is 10.1 Å². The molecule has 0 unspecified atom stereocenters. The third-order valence-corrected chi connectivity index (χ3v) is 6.76. The fourth-order valence-electron chi connectivity index (χ4n) is 3.38. The number of benzene rings is 2. The highest BCUT2D eigenvalue weighted by molar-refractivity contribution is 7.92. The molecule has 0 atom stereocenters. The van der Waals surface area contributed by atoms with E-state index in [1.165, 1.54) is 12.1 Å². The molecule has 194 valence electrons. The normalized spacial score (nSPS) is 11.9. The van der Waals surface area contributed by atoms with Crippen molar-refractivity contribution in [1.82, 2.24) is 19.7 Å². The topological polar surface area (TPSA) is 108 Å². The number of ether oxygens (including phenoxy) is 2. The number of anilines is 1. The van der Waals surface area contributed by atoms with E-state index >= 15 is 0 Å². The lowest BCUT2D eigenvalue weighted by molar-refractivity contribution is -0.274. The van der Waals surface area contributed by atoms with Crippen LogP contribution in [0.15, 0.2) is 59.5 Å². The van der Waals surface area contributed by atoms with Gasteiger partial charge in [-0.3, -0.25) is 4.72 Å². The third kappa shape index (κ3) is 6.17. The Balaban J connectivity index is 1.48. The van der Waals surface area contributed by atoms with Crippen molar-refractivity contribution in [3.8, 4) is 23.2 Å². The molecule has 0 spiro atoms. The standard InChI is InChI=1S/C24H22F3N5O4S/c1-14-15(2)30-32(16(14)3)22-13-23(29-17(4)28-22)35-19-7-5-18(6-8-19)31-37(33,34)21-11-9-20(10-12-21)36-24(25,26)27/h5-13,31H,1-4H3. The quantitative estimate of drug-likeness (QED) is 0.339. The SMILES string of the molecule is Cc1nc(Oc2ccc(NS(=O)(=O)c3ccc(OC(F)(F)F)cc3)cc2)cc(-n2nc(C)c(C)c2C)n1. The maximum Gasteiger partial charge on any atom is 0.573 e. The van der Waals surface area contributed by atoms with Crippen molar-refractivity contribution in [3.05, 3.63) is 77.4 Å². The molecule has 2 heterocycles. The van der Waals surface area contributed by atoms with Crippen LogP contribution < -0.4 is 14.2 Å². The van der Waals surface area contributed by atoms with E-state index in [4.69, 9.17) is 4.74 Å². The number of aryl methyl sites for hydroxylation is 2. The summed E-state index contributed by atoms with van der Waals surface area (Å²) in [6.45, 7) is 7.57. The molecule has 0 aliphatic carbocycles. The van der Waals surface area contributed by atoms with Crippen LogP contribution in [0.3, 0.4) is 0 Å². The minimum absolute atomic E-state index is 0.223. The van der Waals surface area contributed by atoms with Crippen LogP contribution in [0.2, 0.25) is 0 Å². The number of hydrogen-bond donors (Lipinski definition) is 1. The second kappa shape index (κ2) is 9.73. The molecule has 0 fully saturated rings. The first-order valence-electron chi connectivity index (χ1n) is 10.9. The number of sulfonamides is 1. The molecular weight excluding hydrogens is 511 g/mol. The summed E-state index contributed by atoms with van der Waals surface area (Å²) < 4.78 is 75.8. The van der Waals surface area contributed by atoms with Crippen LogP contribution in [0, 0.1) is 27.7 Å². The van der Waals surface area contributed by atoms with Crippen LogP contribution in [0.5, 0.6) is 17.4 Å². The van der Waals surface area contributed by atoms with Crippen molar-refractivity contribution in [1.29, 1.82) is 0 Å². The van der Waals surface area contributed by atoms with Crippen LogP contribution in [0.1, 0.15) is 22.8 Å². The predicted molar refractivity (Wildman–Crippen MR) is 129 cm³/mol. The van der Waals surface area contributed by atoms with Crippen molar-refractivity contribution in [2.24, 2.45) is 0 Å². The zero-order chi connectivity index (χ0) is 27.0. The molecule has 0 saturated heterocycles. The molecule has 9 nitrogen and oxygen atoms in total. The van der Waals surface area contributed by atoms with Crippen molar-refractivity contribution >= 4 is 15.7 Å². The molecule has 0 aliphatic rings. The Labute approximate surface area is 211 Å².